The number of ether oxygens (including phenoxy) is 1. The van der Waals surface area contributed by atoms with Crippen LogP contribution >= 0.6 is 0 Å². The van der Waals surface area contributed by atoms with Crippen LogP contribution in [0, 0.1) is 11.3 Å². The highest BCUT2D eigenvalue weighted by atomic mass is 16.5. The Morgan fingerprint density at radius 3 is 2.76 bits per heavy atom. The normalized spacial score (nSPS) is 21.8. The molecule has 0 saturated carbocycles. The zero-order valence-corrected chi connectivity index (χ0v) is 15.8. The molecule has 0 unspecified atom stereocenters. The van der Waals surface area contributed by atoms with Crippen LogP contribution < -0.4 is 11.2 Å². The molecule has 0 spiro atoms. The number of nitriles is 1. The predicted octanol–water partition coefficient (Wildman–Crippen LogP) is 1.41. The number of aliphatic hydroxyl groups is 2. The van der Waals surface area contributed by atoms with Crippen LogP contribution in [0.4, 0.5) is 0 Å². The summed E-state index contributed by atoms with van der Waals surface area (Å²) in [5.74, 6) is 0. The molecule has 2 aromatic rings. The van der Waals surface area contributed by atoms with Crippen LogP contribution in [0.2, 0.25) is 0 Å². The molecule has 0 radical (unpaired) electrons. The molecule has 0 amide bonds. The standard InChI is InChI=1S/C21H23N3O5/c22-9-5-4-8-15(14-6-2-1-3-7-14)10-16-12-24(21(28)23-20(16)27)19-11-17(26)18(13-25)29-19/h1-3,6-7,10,12,17-19,25-26H,4-5,8,11,13H2,(H,23,27,28)/b15-10-/t17-,18+,19+/m0/s1. The summed E-state index contributed by atoms with van der Waals surface area (Å²) in [6.45, 7) is -0.362. The van der Waals surface area contributed by atoms with Crippen molar-refractivity contribution in [1.82, 2.24) is 9.55 Å². The van der Waals surface area contributed by atoms with Gasteiger partial charge in [-0.25, -0.2) is 4.79 Å². The molecule has 8 heteroatoms. The first-order chi connectivity index (χ1) is 14.0. The van der Waals surface area contributed by atoms with Gasteiger partial charge in [-0.3, -0.25) is 14.3 Å². The van der Waals surface area contributed by atoms with E-state index in [1.165, 1.54) is 10.8 Å². The van der Waals surface area contributed by atoms with Crippen LogP contribution in [0.3, 0.4) is 0 Å². The fraction of sp³-hybridized carbons (Fsp3) is 0.381. The van der Waals surface area contributed by atoms with Crippen molar-refractivity contribution in [2.75, 3.05) is 6.61 Å². The monoisotopic (exact) mass is 397 g/mol. The van der Waals surface area contributed by atoms with Gasteiger partial charge in [0.2, 0.25) is 0 Å². The van der Waals surface area contributed by atoms with Crippen LogP contribution in [-0.4, -0.2) is 38.6 Å². The molecule has 1 aromatic carbocycles. The number of nitrogens with zero attached hydrogens (tertiary/aromatic N) is 2. The van der Waals surface area contributed by atoms with E-state index in [-0.39, 0.29) is 18.6 Å². The maximum Gasteiger partial charge on any atom is 0.330 e. The number of allylic oxidation sites excluding steroid dienone is 1. The topological polar surface area (TPSA) is 128 Å². The quantitative estimate of drug-likeness (QED) is 0.606. The van der Waals surface area contributed by atoms with E-state index in [2.05, 4.69) is 11.1 Å². The fourth-order valence-corrected chi connectivity index (χ4v) is 3.37. The van der Waals surface area contributed by atoms with Gasteiger partial charge in [-0.15, -0.1) is 0 Å². The average Bonchev–Trinajstić information content (AvgIpc) is 3.10. The Labute approximate surface area is 167 Å². The van der Waals surface area contributed by atoms with Gasteiger partial charge in [0.05, 0.1) is 24.3 Å². The first-order valence-electron chi connectivity index (χ1n) is 9.46. The molecule has 1 aliphatic heterocycles. The molecule has 8 nitrogen and oxygen atoms in total. The number of rotatable bonds is 7. The van der Waals surface area contributed by atoms with Crippen molar-refractivity contribution in [2.45, 2.75) is 44.1 Å². The summed E-state index contributed by atoms with van der Waals surface area (Å²) in [6.07, 6.45) is 2.44. The second-order valence-electron chi connectivity index (χ2n) is 6.91. The summed E-state index contributed by atoms with van der Waals surface area (Å²) in [7, 11) is 0. The van der Waals surface area contributed by atoms with Crippen molar-refractivity contribution in [3.05, 3.63) is 68.5 Å². The van der Waals surface area contributed by atoms with Crippen molar-refractivity contribution >= 4 is 11.6 Å². The van der Waals surface area contributed by atoms with Gasteiger partial charge in [-0.1, -0.05) is 30.3 Å². The zero-order chi connectivity index (χ0) is 20.8. The van der Waals surface area contributed by atoms with Crippen LogP contribution in [0.15, 0.2) is 46.1 Å². The summed E-state index contributed by atoms with van der Waals surface area (Å²) in [5, 5.41) is 28.0. The van der Waals surface area contributed by atoms with Crippen molar-refractivity contribution in [3.8, 4) is 6.07 Å². The van der Waals surface area contributed by atoms with Crippen molar-refractivity contribution in [3.63, 3.8) is 0 Å². The Balaban J connectivity index is 1.99. The number of H-pyrrole nitrogens is 1. The summed E-state index contributed by atoms with van der Waals surface area (Å²) in [4.78, 5) is 27.0. The predicted molar refractivity (Wildman–Crippen MR) is 107 cm³/mol. The number of hydrogen-bond donors (Lipinski definition) is 3. The van der Waals surface area contributed by atoms with Gasteiger partial charge in [0, 0.05) is 19.0 Å². The Hall–Kier alpha value is -2.99. The summed E-state index contributed by atoms with van der Waals surface area (Å²) in [5.41, 5.74) is 0.893. The third kappa shape index (κ3) is 4.90. The molecule has 3 atom stereocenters. The Kier molecular flexibility index (Phi) is 6.77. The number of benzene rings is 1. The highest BCUT2D eigenvalue weighted by Gasteiger charge is 2.35. The van der Waals surface area contributed by atoms with Gasteiger partial charge < -0.3 is 14.9 Å². The molecule has 1 aromatic heterocycles. The van der Waals surface area contributed by atoms with Crippen LogP contribution in [0.25, 0.3) is 11.6 Å². The van der Waals surface area contributed by atoms with E-state index in [9.17, 15) is 19.8 Å². The largest absolute Gasteiger partial charge is 0.394 e. The fourth-order valence-electron chi connectivity index (χ4n) is 3.37. The van der Waals surface area contributed by atoms with Crippen molar-refractivity contribution in [1.29, 1.82) is 5.26 Å². The molecular weight excluding hydrogens is 374 g/mol. The third-order valence-corrected chi connectivity index (χ3v) is 4.90. The Bertz CT molecular complexity index is 1020. The highest BCUT2D eigenvalue weighted by Crippen LogP contribution is 2.28. The smallest absolute Gasteiger partial charge is 0.330 e. The molecule has 29 heavy (non-hydrogen) atoms. The first-order valence-corrected chi connectivity index (χ1v) is 9.46. The second kappa shape index (κ2) is 9.47. The van der Waals surface area contributed by atoms with Gasteiger partial charge >= 0.3 is 5.69 Å². The molecule has 3 N–H and O–H groups in total. The minimum Gasteiger partial charge on any atom is -0.394 e. The first kappa shape index (κ1) is 20.7. The summed E-state index contributed by atoms with van der Waals surface area (Å²) < 4.78 is 6.76. The molecule has 1 fully saturated rings. The lowest BCUT2D eigenvalue weighted by Gasteiger charge is -2.15. The average molecular weight is 397 g/mol. The highest BCUT2D eigenvalue weighted by molar-refractivity contribution is 5.81. The molecule has 2 heterocycles. The summed E-state index contributed by atoms with van der Waals surface area (Å²) >= 11 is 0. The van der Waals surface area contributed by atoms with Crippen molar-refractivity contribution in [2.24, 2.45) is 0 Å². The van der Waals surface area contributed by atoms with E-state index < -0.39 is 29.7 Å². The van der Waals surface area contributed by atoms with E-state index >= 15 is 0 Å². The Morgan fingerprint density at radius 1 is 1.34 bits per heavy atom. The minimum absolute atomic E-state index is 0.133. The third-order valence-electron chi connectivity index (χ3n) is 4.90. The molecule has 3 rings (SSSR count). The maximum absolute atomic E-state index is 12.4. The van der Waals surface area contributed by atoms with Gasteiger partial charge in [0.1, 0.15) is 12.3 Å². The Morgan fingerprint density at radius 2 is 2.10 bits per heavy atom. The van der Waals surface area contributed by atoms with E-state index in [1.807, 2.05) is 30.3 Å². The van der Waals surface area contributed by atoms with Gasteiger partial charge in [-0.2, -0.15) is 5.26 Å². The number of hydrogen-bond acceptors (Lipinski definition) is 6. The molecule has 0 bridgehead atoms. The minimum atomic E-state index is -0.895. The number of nitrogens with one attached hydrogen (secondary N) is 1. The zero-order valence-electron chi connectivity index (χ0n) is 15.8. The van der Waals surface area contributed by atoms with Gasteiger partial charge in [0.25, 0.3) is 5.56 Å². The molecule has 1 aliphatic rings. The summed E-state index contributed by atoms with van der Waals surface area (Å²) in [6, 6.07) is 11.6. The SMILES string of the molecule is N#CCCC/C(=C/c1cn([C@H]2C[C@H](O)[C@@H](CO)O2)c(=O)[nH]c1=O)c1ccccc1. The number of aromatic nitrogens is 2. The molecule has 1 saturated heterocycles. The lowest BCUT2D eigenvalue weighted by Crippen LogP contribution is -2.33. The maximum atomic E-state index is 12.4. The molecular formula is C21H23N3O5. The lowest BCUT2D eigenvalue weighted by atomic mass is 9.98. The second-order valence-corrected chi connectivity index (χ2v) is 6.91. The van der Waals surface area contributed by atoms with E-state index in [1.54, 1.807) is 6.08 Å². The van der Waals surface area contributed by atoms with Gasteiger partial charge in [0.15, 0.2) is 0 Å². The lowest BCUT2D eigenvalue weighted by molar-refractivity contribution is -0.0459. The van der Waals surface area contributed by atoms with E-state index in [4.69, 9.17) is 10.00 Å². The van der Waals surface area contributed by atoms with E-state index in [0.29, 0.717) is 19.3 Å². The number of aromatic amines is 1. The van der Waals surface area contributed by atoms with Crippen LogP contribution in [0.1, 0.15) is 43.0 Å². The van der Waals surface area contributed by atoms with Crippen LogP contribution in [-0.2, 0) is 4.74 Å². The molecule has 152 valence electrons. The van der Waals surface area contributed by atoms with E-state index in [0.717, 1.165) is 11.1 Å². The van der Waals surface area contributed by atoms with Crippen LogP contribution in [0.5, 0.6) is 0 Å². The number of unbranched alkanes of at least 4 members (excludes halogenated alkanes) is 1. The number of aliphatic hydroxyl groups excluding tert-OH is 2. The van der Waals surface area contributed by atoms with Crippen molar-refractivity contribution < 1.29 is 14.9 Å². The van der Waals surface area contributed by atoms with Gasteiger partial charge in [-0.05, 0) is 30.1 Å². The molecule has 0 aliphatic carbocycles.